The molecule has 0 amide bonds. The number of hydrogen-bond acceptors (Lipinski definition) is 2. The Hall–Kier alpha value is -0.0800. The second-order valence-corrected chi connectivity index (χ2v) is 3.90. The van der Waals surface area contributed by atoms with E-state index < -0.39 is 0 Å². The molecule has 0 aromatic rings. The molecule has 1 heterocycles. The van der Waals surface area contributed by atoms with Gasteiger partial charge in [0.25, 0.3) is 0 Å². The van der Waals surface area contributed by atoms with Crippen molar-refractivity contribution in [3.05, 3.63) is 0 Å². The summed E-state index contributed by atoms with van der Waals surface area (Å²) in [6.07, 6.45) is 2.63. The monoisotopic (exact) mass is 156 g/mol. The largest absolute Gasteiger partial charge is 0.329 e. The second kappa shape index (κ2) is 4.07. The van der Waals surface area contributed by atoms with Gasteiger partial charge in [-0.1, -0.05) is 13.8 Å². The Morgan fingerprint density at radius 3 is 2.64 bits per heavy atom. The first-order valence-electron chi connectivity index (χ1n) is 4.68. The van der Waals surface area contributed by atoms with E-state index in [1.54, 1.807) is 0 Å². The van der Waals surface area contributed by atoms with Gasteiger partial charge in [-0.25, -0.2) is 0 Å². The van der Waals surface area contributed by atoms with Crippen molar-refractivity contribution in [2.75, 3.05) is 19.6 Å². The van der Waals surface area contributed by atoms with E-state index in [9.17, 15) is 0 Å². The van der Waals surface area contributed by atoms with Gasteiger partial charge in [-0.15, -0.1) is 0 Å². The minimum absolute atomic E-state index is 0.703. The van der Waals surface area contributed by atoms with Gasteiger partial charge in [-0.2, -0.15) is 0 Å². The minimum atomic E-state index is 0.703. The van der Waals surface area contributed by atoms with Gasteiger partial charge in [0.2, 0.25) is 0 Å². The van der Waals surface area contributed by atoms with E-state index >= 15 is 0 Å². The zero-order valence-corrected chi connectivity index (χ0v) is 7.71. The Labute approximate surface area is 69.8 Å². The number of hydrogen-bond donors (Lipinski definition) is 1. The van der Waals surface area contributed by atoms with Crippen LogP contribution < -0.4 is 5.73 Å². The molecule has 1 saturated heterocycles. The maximum absolute atomic E-state index is 5.59. The summed E-state index contributed by atoms with van der Waals surface area (Å²) in [5, 5.41) is 0. The fourth-order valence-electron chi connectivity index (χ4n) is 1.48. The van der Waals surface area contributed by atoms with E-state index in [4.69, 9.17) is 5.73 Å². The minimum Gasteiger partial charge on any atom is -0.329 e. The molecule has 1 unspecified atom stereocenters. The van der Waals surface area contributed by atoms with Crippen LogP contribution in [-0.4, -0.2) is 30.6 Å². The number of nitrogens with zero attached hydrogens (tertiary/aromatic N) is 1. The van der Waals surface area contributed by atoms with Gasteiger partial charge in [-0.05, 0) is 25.3 Å². The van der Waals surface area contributed by atoms with Gasteiger partial charge < -0.3 is 5.73 Å². The van der Waals surface area contributed by atoms with Crippen LogP contribution in [0.25, 0.3) is 0 Å². The van der Waals surface area contributed by atoms with Crippen molar-refractivity contribution in [2.45, 2.75) is 32.7 Å². The van der Waals surface area contributed by atoms with Crippen LogP contribution in [0.15, 0.2) is 0 Å². The van der Waals surface area contributed by atoms with Gasteiger partial charge in [0.15, 0.2) is 0 Å². The second-order valence-electron chi connectivity index (χ2n) is 3.90. The number of rotatable bonds is 4. The molecule has 1 fully saturated rings. The van der Waals surface area contributed by atoms with Crippen molar-refractivity contribution >= 4 is 0 Å². The Morgan fingerprint density at radius 2 is 2.27 bits per heavy atom. The summed E-state index contributed by atoms with van der Waals surface area (Å²) in [6, 6.07) is 0.703. The normalized spacial score (nSPS) is 25.6. The highest BCUT2D eigenvalue weighted by molar-refractivity contribution is 4.82. The third-order valence-electron chi connectivity index (χ3n) is 2.53. The van der Waals surface area contributed by atoms with E-state index in [2.05, 4.69) is 18.7 Å². The fourth-order valence-corrected chi connectivity index (χ4v) is 1.48. The van der Waals surface area contributed by atoms with Crippen molar-refractivity contribution in [2.24, 2.45) is 11.7 Å². The molecule has 2 nitrogen and oxygen atoms in total. The fraction of sp³-hybridized carbons (Fsp3) is 1.00. The summed E-state index contributed by atoms with van der Waals surface area (Å²) in [7, 11) is 0. The molecule has 0 spiro atoms. The van der Waals surface area contributed by atoms with Crippen molar-refractivity contribution in [1.29, 1.82) is 0 Å². The Morgan fingerprint density at radius 1 is 1.55 bits per heavy atom. The van der Waals surface area contributed by atoms with E-state index in [1.165, 1.54) is 25.9 Å². The zero-order valence-electron chi connectivity index (χ0n) is 7.71. The third kappa shape index (κ3) is 2.46. The lowest BCUT2D eigenvalue weighted by Crippen LogP contribution is -2.52. The van der Waals surface area contributed by atoms with Crippen LogP contribution in [0.2, 0.25) is 0 Å². The van der Waals surface area contributed by atoms with Crippen LogP contribution in [0.5, 0.6) is 0 Å². The van der Waals surface area contributed by atoms with Crippen LogP contribution in [0.1, 0.15) is 26.7 Å². The molecule has 0 aromatic carbocycles. The Bertz CT molecular complexity index is 110. The highest BCUT2D eigenvalue weighted by atomic mass is 15.2. The quantitative estimate of drug-likeness (QED) is 0.659. The van der Waals surface area contributed by atoms with Crippen molar-refractivity contribution < 1.29 is 0 Å². The van der Waals surface area contributed by atoms with Crippen molar-refractivity contribution in [1.82, 2.24) is 4.90 Å². The third-order valence-corrected chi connectivity index (χ3v) is 2.53. The first-order chi connectivity index (χ1) is 5.24. The van der Waals surface area contributed by atoms with Crippen LogP contribution in [0, 0.1) is 5.92 Å². The van der Waals surface area contributed by atoms with Gasteiger partial charge in [-0.3, -0.25) is 4.90 Å². The first kappa shape index (κ1) is 9.01. The molecule has 0 radical (unpaired) electrons. The smallest absolute Gasteiger partial charge is 0.0230 e. The Kier molecular flexibility index (Phi) is 3.34. The highest BCUT2D eigenvalue weighted by Gasteiger charge is 2.25. The highest BCUT2D eigenvalue weighted by Crippen LogP contribution is 2.17. The van der Waals surface area contributed by atoms with Crippen LogP contribution in [0.4, 0.5) is 0 Å². The van der Waals surface area contributed by atoms with E-state index in [0.29, 0.717) is 6.04 Å². The SMILES string of the molecule is CC(C)CCN1CCC1CN. The maximum atomic E-state index is 5.59. The molecule has 66 valence electrons. The zero-order chi connectivity index (χ0) is 8.27. The van der Waals surface area contributed by atoms with Crippen molar-refractivity contribution in [3.63, 3.8) is 0 Å². The Balaban J connectivity index is 2.07. The first-order valence-corrected chi connectivity index (χ1v) is 4.68. The molecule has 1 atom stereocenters. The summed E-state index contributed by atoms with van der Waals surface area (Å²) in [5.41, 5.74) is 5.59. The topological polar surface area (TPSA) is 29.3 Å². The van der Waals surface area contributed by atoms with E-state index in [0.717, 1.165) is 12.5 Å². The molecule has 0 bridgehead atoms. The molecule has 0 saturated carbocycles. The lowest BCUT2D eigenvalue weighted by molar-refractivity contribution is 0.0911. The summed E-state index contributed by atoms with van der Waals surface area (Å²) in [5.74, 6) is 0.828. The molecule has 11 heavy (non-hydrogen) atoms. The summed E-state index contributed by atoms with van der Waals surface area (Å²) < 4.78 is 0. The molecule has 1 aliphatic heterocycles. The van der Waals surface area contributed by atoms with Gasteiger partial charge in [0.1, 0.15) is 0 Å². The summed E-state index contributed by atoms with van der Waals surface area (Å²) in [6.45, 7) is 7.92. The van der Waals surface area contributed by atoms with Gasteiger partial charge in [0, 0.05) is 19.1 Å². The summed E-state index contributed by atoms with van der Waals surface area (Å²) >= 11 is 0. The van der Waals surface area contributed by atoms with Crippen molar-refractivity contribution in [3.8, 4) is 0 Å². The van der Waals surface area contributed by atoms with Crippen LogP contribution in [-0.2, 0) is 0 Å². The molecule has 2 N–H and O–H groups in total. The molecular formula is C9H20N2. The lowest BCUT2D eigenvalue weighted by atomic mass is 10.0. The molecule has 0 aliphatic carbocycles. The van der Waals surface area contributed by atoms with Gasteiger partial charge >= 0.3 is 0 Å². The predicted octanol–water partition coefficient (Wildman–Crippen LogP) is 1.07. The van der Waals surface area contributed by atoms with Crippen LogP contribution in [0.3, 0.4) is 0 Å². The summed E-state index contributed by atoms with van der Waals surface area (Å²) in [4.78, 5) is 2.50. The molecule has 1 aliphatic rings. The predicted molar refractivity (Wildman–Crippen MR) is 48.5 cm³/mol. The molecule has 0 aromatic heterocycles. The average Bonchev–Trinajstić information content (AvgIpc) is 1.86. The number of likely N-dealkylation sites (tertiary alicyclic amines) is 1. The lowest BCUT2D eigenvalue weighted by Gasteiger charge is -2.40. The molecular weight excluding hydrogens is 136 g/mol. The van der Waals surface area contributed by atoms with E-state index in [-0.39, 0.29) is 0 Å². The standard InChI is InChI=1S/C9H20N2/c1-8(2)3-5-11-6-4-9(11)7-10/h8-9H,3-7,10H2,1-2H3. The average molecular weight is 156 g/mol. The molecule has 2 heteroatoms. The maximum Gasteiger partial charge on any atom is 0.0230 e. The van der Waals surface area contributed by atoms with E-state index in [1.807, 2.05) is 0 Å². The van der Waals surface area contributed by atoms with Crippen LogP contribution >= 0.6 is 0 Å². The number of nitrogens with two attached hydrogens (primary N) is 1. The molecule has 1 rings (SSSR count). The van der Waals surface area contributed by atoms with Gasteiger partial charge in [0.05, 0.1) is 0 Å².